The van der Waals surface area contributed by atoms with E-state index in [1.807, 2.05) is 88.4 Å². The fourth-order valence-corrected chi connectivity index (χ4v) is 7.52. The van der Waals surface area contributed by atoms with Gasteiger partial charge in [-0.2, -0.15) is 0 Å². The summed E-state index contributed by atoms with van der Waals surface area (Å²) in [7, 11) is 0. The number of fused-ring (bicyclic) bond motifs is 1. The number of nitrogens with one attached hydrogen (secondary N) is 3. The average Bonchev–Trinajstić information content (AvgIpc) is 3.66. The molecule has 0 unspecified atom stereocenters. The Kier molecular flexibility index (Phi) is 11.4. The fourth-order valence-electron chi connectivity index (χ4n) is 6.38. The zero-order valence-electron chi connectivity index (χ0n) is 29.4. The van der Waals surface area contributed by atoms with Gasteiger partial charge < -0.3 is 30.4 Å². The molecule has 2 heterocycles. The number of hydrogen-bond donors (Lipinski definition) is 4. The first-order valence-corrected chi connectivity index (χ1v) is 17.8. The van der Waals surface area contributed by atoms with E-state index in [0.29, 0.717) is 12.1 Å². The molecule has 4 N–H and O–H groups in total. The highest BCUT2D eigenvalue weighted by molar-refractivity contribution is 8.00. The van der Waals surface area contributed by atoms with Crippen LogP contribution in [0.2, 0.25) is 0 Å². The molecule has 11 heteroatoms. The molecule has 4 atom stereocenters. The van der Waals surface area contributed by atoms with Crippen LogP contribution in [0.3, 0.4) is 0 Å². The minimum Gasteiger partial charge on any atom is -0.451 e. The fraction of sp³-hybridized carbons (Fsp3) is 0.385. The zero-order chi connectivity index (χ0) is 36.2. The molecule has 1 aliphatic rings. The summed E-state index contributed by atoms with van der Waals surface area (Å²) in [4.78, 5) is 56.4. The van der Waals surface area contributed by atoms with E-state index in [4.69, 9.17) is 4.42 Å². The molecule has 1 fully saturated rings. The van der Waals surface area contributed by atoms with Gasteiger partial charge in [-0.25, -0.2) is 0 Å². The van der Waals surface area contributed by atoms with Crippen LogP contribution in [0.15, 0.2) is 83.3 Å². The quantitative estimate of drug-likeness (QED) is 0.165. The number of aliphatic hydroxyl groups is 1. The molecule has 1 aliphatic heterocycles. The van der Waals surface area contributed by atoms with E-state index >= 15 is 0 Å². The van der Waals surface area contributed by atoms with Gasteiger partial charge in [0.2, 0.25) is 11.8 Å². The molecule has 0 spiro atoms. The predicted molar refractivity (Wildman–Crippen MR) is 195 cm³/mol. The molecule has 1 saturated heterocycles. The van der Waals surface area contributed by atoms with Crippen molar-refractivity contribution in [3.8, 4) is 0 Å². The van der Waals surface area contributed by atoms with Crippen LogP contribution >= 0.6 is 11.8 Å². The molecule has 0 aliphatic carbocycles. The van der Waals surface area contributed by atoms with Crippen molar-refractivity contribution in [3.05, 3.63) is 107 Å². The number of aryl methyl sites for hydroxylation is 2. The summed E-state index contributed by atoms with van der Waals surface area (Å²) >= 11 is 1.45. The number of para-hydroxylation sites is 1. The van der Waals surface area contributed by atoms with Crippen LogP contribution in [0.1, 0.15) is 60.5 Å². The summed E-state index contributed by atoms with van der Waals surface area (Å²) in [6.07, 6.45) is -1.54. The van der Waals surface area contributed by atoms with Crippen molar-refractivity contribution >= 4 is 46.4 Å². The number of hydrogen-bond acceptors (Lipinski definition) is 7. The highest BCUT2D eigenvalue weighted by Crippen LogP contribution is 2.40. The number of rotatable bonds is 12. The number of carbonyl (C=O) groups excluding carboxylic acids is 4. The Morgan fingerprint density at radius 3 is 2.26 bits per heavy atom. The molecule has 3 aromatic carbocycles. The van der Waals surface area contributed by atoms with Crippen LogP contribution in [0.5, 0.6) is 0 Å². The van der Waals surface area contributed by atoms with Gasteiger partial charge >= 0.3 is 0 Å². The molecule has 264 valence electrons. The normalized spacial score (nSPS) is 17.3. The number of furan rings is 1. The third kappa shape index (κ3) is 8.22. The second-order valence-corrected chi connectivity index (χ2v) is 15.4. The Bertz CT molecular complexity index is 1800. The Labute approximate surface area is 297 Å². The van der Waals surface area contributed by atoms with Crippen molar-refractivity contribution in [3.63, 3.8) is 0 Å². The van der Waals surface area contributed by atoms with Gasteiger partial charge in [0.15, 0.2) is 11.9 Å². The maximum absolute atomic E-state index is 14.1. The Morgan fingerprint density at radius 1 is 0.940 bits per heavy atom. The summed E-state index contributed by atoms with van der Waals surface area (Å²) in [6.45, 7) is 11.7. The summed E-state index contributed by atoms with van der Waals surface area (Å²) < 4.78 is 5.07. The van der Waals surface area contributed by atoms with E-state index < -0.39 is 46.7 Å². The monoisotopic (exact) mass is 698 g/mol. The number of nitrogens with zero attached hydrogens (tertiary/aromatic N) is 1. The number of carbonyl (C=O) groups is 4. The minimum atomic E-state index is -1.68. The van der Waals surface area contributed by atoms with Gasteiger partial charge in [0.25, 0.3) is 11.8 Å². The predicted octanol–water partition coefficient (Wildman–Crippen LogP) is 4.89. The van der Waals surface area contributed by atoms with Gasteiger partial charge in [0, 0.05) is 16.7 Å². The second kappa shape index (κ2) is 15.5. The lowest BCUT2D eigenvalue weighted by atomic mass is 9.96. The molecule has 5 rings (SSSR count). The van der Waals surface area contributed by atoms with Crippen molar-refractivity contribution in [2.45, 2.75) is 83.5 Å². The molecule has 0 saturated carbocycles. The van der Waals surface area contributed by atoms with E-state index in [9.17, 15) is 24.3 Å². The Hall–Kier alpha value is -4.61. The third-order valence-corrected chi connectivity index (χ3v) is 10.7. The molecule has 4 aromatic rings. The van der Waals surface area contributed by atoms with Crippen molar-refractivity contribution in [1.29, 1.82) is 0 Å². The smallest absolute Gasteiger partial charge is 0.287 e. The average molecular weight is 699 g/mol. The van der Waals surface area contributed by atoms with Crippen molar-refractivity contribution in [2.75, 3.05) is 5.88 Å². The van der Waals surface area contributed by atoms with Crippen LogP contribution in [0.4, 0.5) is 0 Å². The second-order valence-electron chi connectivity index (χ2n) is 13.8. The highest BCUT2D eigenvalue weighted by atomic mass is 32.2. The largest absolute Gasteiger partial charge is 0.451 e. The first-order valence-electron chi connectivity index (χ1n) is 16.9. The summed E-state index contributed by atoms with van der Waals surface area (Å²) in [5.74, 6) is -2.18. The number of thioether (sulfide) groups is 1. The lowest BCUT2D eigenvalue weighted by molar-refractivity contribution is -0.148. The standard InChI is InChI=1S/C39H46N4O6S/c1-23(2)32(42-35(45)31-20-27-17-10-11-18-30(27)49-31)36(46)41-29(19-26-15-8-7-9-16-26)33(44)38(48)43-22-50-39(5,6)34(43)37(47)40-21-28-24(3)13-12-14-25(28)4/h7-18,20,23,29,32-34,44H,19,21-22H2,1-6H3,(H,40,47)(H,41,46)(H,42,45)/t29-,32-,33-,34+/m0/s1. The molecule has 0 bridgehead atoms. The lowest BCUT2D eigenvalue weighted by Crippen LogP contribution is -2.60. The van der Waals surface area contributed by atoms with Crippen LogP contribution in [-0.4, -0.2) is 68.5 Å². The van der Waals surface area contributed by atoms with E-state index in [2.05, 4.69) is 16.0 Å². The first kappa shape index (κ1) is 36.7. The molecule has 0 radical (unpaired) electrons. The Balaban J connectivity index is 1.35. The minimum absolute atomic E-state index is 0.0664. The van der Waals surface area contributed by atoms with Crippen molar-refractivity contribution < 1.29 is 28.7 Å². The van der Waals surface area contributed by atoms with E-state index in [1.54, 1.807) is 32.0 Å². The van der Waals surface area contributed by atoms with Gasteiger partial charge in [-0.15, -0.1) is 11.8 Å². The van der Waals surface area contributed by atoms with E-state index in [0.717, 1.165) is 27.6 Å². The molecular weight excluding hydrogens is 653 g/mol. The van der Waals surface area contributed by atoms with Gasteiger partial charge in [-0.05, 0) is 74.4 Å². The third-order valence-electron chi connectivity index (χ3n) is 9.31. The molecule has 1 aromatic heterocycles. The maximum atomic E-state index is 14.1. The Morgan fingerprint density at radius 2 is 1.60 bits per heavy atom. The summed E-state index contributed by atoms with van der Waals surface area (Å²) in [5, 5.41) is 21.1. The van der Waals surface area contributed by atoms with Crippen molar-refractivity contribution in [1.82, 2.24) is 20.9 Å². The topological polar surface area (TPSA) is 141 Å². The number of amides is 4. The highest BCUT2D eigenvalue weighted by Gasteiger charge is 2.50. The maximum Gasteiger partial charge on any atom is 0.287 e. The first-order chi connectivity index (χ1) is 23.8. The molecule has 10 nitrogen and oxygen atoms in total. The molecule has 50 heavy (non-hydrogen) atoms. The van der Waals surface area contributed by atoms with Gasteiger partial charge in [0.1, 0.15) is 17.7 Å². The van der Waals surface area contributed by atoms with Crippen LogP contribution in [0.25, 0.3) is 11.0 Å². The summed E-state index contributed by atoms with van der Waals surface area (Å²) in [5.41, 5.74) is 4.47. The van der Waals surface area contributed by atoms with Gasteiger partial charge in [-0.1, -0.05) is 80.6 Å². The SMILES string of the molecule is Cc1cccc(C)c1CNC(=O)[C@H]1N(C(=O)[C@@H](O)[C@H](Cc2ccccc2)NC(=O)[C@@H](NC(=O)c2cc3ccccc3o2)C(C)C)CSC1(C)C. The van der Waals surface area contributed by atoms with Gasteiger partial charge in [-0.3, -0.25) is 19.2 Å². The van der Waals surface area contributed by atoms with Crippen LogP contribution in [-0.2, 0) is 27.3 Å². The van der Waals surface area contributed by atoms with E-state index in [-0.39, 0.29) is 29.9 Å². The number of benzene rings is 3. The van der Waals surface area contributed by atoms with Gasteiger partial charge in [0.05, 0.1) is 11.9 Å². The van der Waals surface area contributed by atoms with Crippen LogP contribution in [0, 0.1) is 19.8 Å². The molecule has 4 amide bonds. The van der Waals surface area contributed by atoms with E-state index in [1.165, 1.54) is 16.7 Å². The molecular formula is C39H46N4O6S. The van der Waals surface area contributed by atoms with Crippen LogP contribution < -0.4 is 16.0 Å². The summed E-state index contributed by atoms with van der Waals surface area (Å²) in [6, 6.07) is 21.1. The lowest BCUT2D eigenvalue weighted by Gasteiger charge is -2.34. The number of aliphatic hydroxyl groups excluding tert-OH is 1. The zero-order valence-corrected chi connectivity index (χ0v) is 30.2. The van der Waals surface area contributed by atoms with Crippen molar-refractivity contribution in [2.24, 2.45) is 5.92 Å².